The molecule has 0 bridgehead atoms. The van der Waals surface area contributed by atoms with Crippen molar-refractivity contribution < 1.29 is 9.90 Å². The summed E-state index contributed by atoms with van der Waals surface area (Å²) in [7, 11) is 0. The molecule has 18 heavy (non-hydrogen) atoms. The molecule has 0 aliphatic heterocycles. The number of aliphatic hydroxyl groups is 1. The van der Waals surface area contributed by atoms with Gasteiger partial charge in [-0.2, -0.15) is 0 Å². The zero-order valence-electron chi connectivity index (χ0n) is 10.4. The fourth-order valence-electron chi connectivity index (χ4n) is 2.27. The van der Waals surface area contributed by atoms with Crippen molar-refractivity contribution in [3.63, 3.8) is 0 Å². The number of rotatable bonds is 4. The van der Waals surface area contributed by atoms with Crippen molar-refractivity contribution in [2.24, 2.45) is 5.73 Å². The number of nitrogens with one attached hydrogen (secondary N) is 1. The van der Waals surface area contributed by atoms with Crippen molar-refractivity contribution in [3.05, 3.63) is 18.2 Å². The Bertz CT molecular complexity index is 405. The van der Waals surface area contributed by atoms with E-state index in [2.05, 4.69) is 10.3 Å². The quantitative estimate of drug-likeness (QED) is 0.696. The smallest absolute Gasteiger partial charge is 0.271 e. The van der Waals surface area contributed by atoms with Gasteiger partial charge < -0.3 is 20.7 Å². The van der Waals surface area contributed by atoms with Gasteiger partial charge in [0.05, 0.1) is 18.5 Å². The van der Waals surface area contributed by atoms with Gasteiger partial charge in [0, 0.05) is 19.3 Å². The molecule has 1 aromatic rings. The minimum atomic E-state index is -0.436. The number of aliphatic hydroxyl groups excluding tert-OH is 1. The fourth-order valence-corrected chi connectivity index (χ4v) is 2.27. The number of carbonyl (C=O) groups excluding carboxylic acids is 1. The van der Waals surface area contributed by atoms with Crippen LogP contribution in [-0.4, -0.2) is 39.3 Å². The summed E-state index contributed by atoms with van der Waals surface area (Å²) in [6.07, 6.45) is 6.50. The van der Waals surface area contributed by atoms with E-state index in [1.54, 1.807) is 17.1 Å². The second-order valence-electron chi connectivity index (χ2n) is 4.72. The molecule has 4 N–H and O–H groups in total. The summed E-state index contributed by atoms with van der Waals surface area (Å²) in [6.45, 7) is 1.16. The fraction of sp³-hybridized carbons (Fsp3) is 0.667. The highest BCUT2D eigenvalue weighted by Gasteiger charge is 2.25. The average molecular weight is 252 g/mol. The first kappa shape index (κ1) is 13.0. The standard InChI is InChI=1S/C12H20N4O2/c13-5-6-16-7-10(14-8-16)12(18)15-9-3-1-2-4-11(9)17/h7-9,11,17H,1-6,13H2,(H,15,18)/t9-,11-/m0/s1. The minimum Gasteiger partial charge on any atom is -0.391 e. The molecule has 0 spiro atoms. The first-order valence-electron chi connectivity index (χ1n) is 6.41. The maximum atomic E-state index is 11.9. The van der Waals surface area contributed by atoms with Crippen molar-refractivity contribution in [2.45, 2.75) is 44.4 Å². The van der Waals surface area contributed by atoms with Crippen LogP contribution in [0.1, 0.15) is 36.2 Å². The number of nitrogens with two attached hydrogens (primary N) is 1. The van der Waals surface area contributed by atoms with Crippen LogP contribution in [0.5, 0.6) is 0 Å². The number of aromatic nitrogens is 2. The zero-order valence-corrected chi connectivity index (χ0v) is 10.4. The highest BCUT2D eigenvalue weighted by molar-refractivity contribution is 5.92. The summed E-state index contributed by atoms with van der Waals surface area (Å²) in [6, 6.07) is -0.147. The normalized spacial score (nSPS) is 23.9. The maximum Gasteiger partial charge on any atom is 0.271 e. The molecule has 0 unspecified atom stereocenters. The first-order valence-corrected chi connectivity index (χ1v) is 6.41. The van der Waals surface area contributed by atoms with Crippen LogP contribution in [0, 0.1) is 0 Å². The van der Waals surface area contributed by atoms with Gasteiger partial charge in [0.15, 0.2) is 0 Å². The predicted octanol–water partition coefficient (Wildman–Crippen LogP) is -0.125. The van der Waals surface area contributed by atoms with Gasteiger partial charge in [-0.25, -0.2) is 4.98 Å². The summed E-state index contributed by atoms with van der Waals surface area (Å²) < 4.78 is 1.78. The van der Waals surface area contributed by atoms with Crippen molar-refractivity contribution >= 4 is 5.91 Å². The van der Waals surface area contributed by atoms with Crippen LogP contribution < -0.4 is 11.1 Å². The Labute approximate surface area is 106 Å². The van der Waals surface area contributed by atoms with E-state index in [-0.39, 0.29) is 11.9 Å². The second-order valence-corrected chi connectivity index (χ2v) is 4.72. The van der Waals surface area contributed by atoms with Crippen LogP contribution in [0.4, 0.5) is 0 Å². The van der Waals surface area contributed by atoms with Gasteiger partial charge in [-0.05, 0) is 12.8 Å². The molecule has 100 valence electrons. The molecule has 1 aliphatic rings. The summed E-state index contributed by atoms with van der Waals surface area (Å²) in [4.78, 5) is 16.0. The Morgan fingerprint density at radius 1 is 1.56 bits per heavy atom. The highest BCUT2D eigenvalue weighted by Crippen LogP contribution is 2.18. The molecule has 6 nitrogen and oxygen atoms in total. The molecule has 1 fully saturated rings. The molecule has 0 aromatic carbocycles. The lowest BCUT2D eigenvalue weighted by molar-refractivity contribution is 0.0714. The van der Waals surface area contributed by atoms with Gasteiger partial charge in [0.1, 0.15) is 5.69 Å². The van der Waals surface area contributed by atoms with Gasteiger partial charge >= 0.3 is 0 Å². The molecule has 6 heteroatoms. The second kappa shape index (κ2) is 5.97. The molecular formula is C12H20N4O2. The Hall–Kier alpha value is -1.40. The zero-order chi connectivity index (χ0) is 13.0. The van der Waals surface area contributed by atoms with Gasteiger partial charge in [-0.15, -0.1) is 0 Å². The first-order chi connectivity index (χ1) is 8.70. The van der Waals surface area contributed by atoms with E-state index in [0.29, 0.717) is 18.8 Å². The van der Waals surface area contributed by atoms with Crippen molar-refractivity contribution in [2.75, 3.05) is 6.54 Å². The number of imidazole rings is 1. The van der Waals surface area contributed by atoms with E-state index in [1.165, 1.54) is 0 Å². The Kier molecular flexibility index (Phi) is 4.33. The van der Waals surface area contributed by atoms with E-state index >= 15 is 0 Å². The lowest BCUT2D eigenvalue weighted by Crippen LogP contribution is -2.45. The topological polar surface area (TPSA) is 93.2 Å². The third-order valence-corrected chi connectivity index (χ3v) is 3.30. The van der Waals surface area contributed by atoms with E-state index in [0.717, 1.165) is 25.7 Å². The van der Waals surface area contributed by atoms with Gasteiger partial charge in [0.25, 0.3) is 5.91 Å². The summed E-state index contributed by atoms with van der Waals surface area (Å²) in [5, 5.41) is 12.6. The molecule has 2 atom stereocenters. The number of nitrogens with zero attached hydrogens (tertiary/aromatic N) is 2. The van der Waals surface area contributed by atoms with Crippen molar-refractivity contribution in [1.82, 2.24) is 14.9 Å². The molecule has 1 aromatic heterocycles. The van der Waals surface area contributed by atoms with Crippen LogP contribution in [0.15, 0.2) is 12.5 Å². The van der Waals surface area contributed by atoms with Crippen LogP contribution in [-0.2, 0) is 6.54 Å². The SMILES string of the molecule is NCCn1cnc(C(=O)N[C@H]2CCCC[C@@H]2O)c1. The number of carbonyl (C=O) groups is 1. The third-order valence-electron chi connectivity index (χ3n) is 3.30. The lowest BCUT2D eigenvalue weighted by atomic mass is 9.92. The molecule has 1 saturated carbocycles. The number of amides is 1. The molecule has 2 rings (SSSR count). The average Bonchev–Trinajstić information content (AvgIpc) is 2.81. The third kappa shape index (κ3) is 3.08. The van der Waals surface area contributed by atoms with Crippen molar-refractivity contribution in [1.29, 1.82) is 0 Å². The summed E-state index contributed by atoms with van der Waals surface area (Å²) in [5.41, 5.74) is 5.81. The maximum absolute atomic E-state index is 11.9. The monoisotopic (exact) mass is 252 g/mol. The van der Waals surface area contributed by atoms with E-state index in [1.807, 2.05) is 0 Å². The molecule has 0 saturated heterocycles. The molecule has 1 heterocycles. The molecule has 1 amide bonds. The largest absolute Gasteiger partial charge is 0.391 e. The molecule has 1 aliphatic carbocycles. The number of hydrogen-bond acceptors (Lipinski definition) is 4. The Balaban J connectivity index is 1.93. The highest BCUT2D eigenvalue weighted by atomic mass is 16.3. The van der Waals surface area contributed by atoms with Gasteiger partial charge in [0.2, 0.25) is 0 Å². The summed E-state index contributed by atoms with van der Waals surface area (Å²) in [5.74, 6) is -0.225. The van der Waals surface area contributed by atoms with Crippen molar-refractivity contribution in [3.8, 4) is 0 Å². The van der Waals surface area contributed by atoms with Gasteiger partial charge in [-0.3, -0.25) is 4.79 Å². The minimum absolute atomic E-state index is 0.147. The van der Waals surface area contributed by atoms with E-state index < -0.39 is 6.10 Å². The molecule has 0 radical (unpaired) electrons. The van der Waals surface area contributed by atoms with Gasteiger partial charge in [-0.1, -0.05) is 12.8 Å². The number of hydrogen-bond donors (Lipinski definition) is 3. The van der Waals surface area contributed by atoms with Crippen LogP contribution >= 0.6 is 0 Å². The van der Waals surface area contributed by atoms with Crippen LogP contribution in [0.3, 0.4) is 0 Å². The van der Waals surface area contributed by atoms with E-state index in [9.17, 15) is 9.90 Å². The predicted molar refractivity (Wildman–Crippen MR) is 67.0 cm³/mol. The van der Waals surface area contributed by atoms with E-state index in [4.69, 9.17) is 5.73 Å². The Morgan fingerprint density at radius 3 is 3.06 bits per heavy atom. The summed E-state index contributed by atoms with van der Waals surface area (Å²) >= 11 is 0. The van der Waals surface area contributed by atoms with Crippen LogP contribution in [0.2, 0.25) is 0 Å². The lowest BCUT2D eigenvalue weighted by Gasteiger charge is -2.27. The Morgan fingerprint density at radius 2 is 2.33 bits per heavy atom. The van der Waals surface area contributed by atoms with Crippen LogP contribution in [0.25, 0.3) is 0 Å². The molecular weight excluding hydrogens is 232 g/mol.